The van der Waals surface area contributed by atoms with E-state index in [-0.39, 0.29) is 11.9 Å². The molecule has 1 heterocycles. The van der Waals surface area contributed by atoms with Crippen molar-refractivity contribution in [1.82, 2.24) is 15.1 Å². The van der Waals surface area contributed by atoms with Gasteiger partial charge in [0.25, 0.3) is 5.91 Å². The summed E-state index contributed by atoms with van der Waals surface area (Å²) in [6.45, 7) is 4.58. The number of carbonyl (C=O) groups is 2. The molecule has 2 aromatic rings. The van der Waals surface area contributed by atoms with E-state index in [4.69, 9.17) is 11.6 Å². The van der Waals surface area contributed by atoms with Gasteiger partial charge in [-0.15, -0.1) is 11.6 Å². The molecule has 1 aromatic heterocycles. The molecule has 0 spiro atoms. The molecule has 0 radical (unpaired) electrons. The summed E-state index contributed by atoms with van der Waals surface area (Å²) in [7, 11) is 1.34. The average Bonchev–Trinajstić information content (AvgIpc) is 2.86. The number of hydrogen-bond donors (Lipinski definition) is 1. The second-order valence-electron chi connectivity index (χ2n) is 5.33. The molecular formula is C17H20ClN3O3. The van der Waals surface area contributed by atoms with Crippen LogP contribution in [0, 0.1) is 13.8 Å². The van der Waals surface area contributed by atoms with Crippen LogP contribution in [0.5, 0.6) is 0 Å². The zero-order valence-corrected chi connectivity index (χ0v) is 14.7. The highest BCUT2D eigenvalue weighted by Crippen LogP contribution is 2.13. The molecule has 0 aliphatic heterocycles. The third-order valence-electron chi connectivity index (χ3n) is 3.73. The summed E-state index contributed by atoms with van der Waals surface area (Å²) >= 11 is 5.74. The van der Waals surface area contributed by atoms with Gasteiger partial charge in [-0.2, -0.15) is 5.10 Å². The summed E-state index contributed by atoms with van der Waals surface area (Å²) in [6, 6.07) is 6.90. The van der Waals surface area contributed by atoms with Crippen LogP contribution in [-0.2, 0) is 17.8 Å². The number of esters is 1. The van der Waals surface area contributed by atoms with Crippen molar-refractivity contribution in [2.75, 3.05) is 13.0 Å². The molecule has 6 nitrogen and oxygen atoms in total. The van der Waals surface area contributed by atoms with Gasteiger partial charge in [0.05, 0.1) is 30.5 Å². The first kappa shape index (κ1) is 18.0. The summed E-state index contributed by atoms with van der Waals surface area (Å²) in [6.07, 6.45) is 0. The second-order valence-corrected chi connectivity index (χ2v) is 5.71. The number of carbonyl (C=O) groups excluding carboxylic acids is 2. The Bertz CT molecular complexity index is 738. The molecule has 0 saturated heterocycles. The largest absolute Gasteiger partial charge is 0.465 e. The van der Waals surface area contributed by atoms with Gasteiger partial charge in [0.2, 0.25) is 0 Å². The van der Waals surface area contributed by atoms with E-state index in [0.29, 0.717) is 35.8 Å². The molecule has 0 saturated carbocycles. The predicted molar refractivity (Wildman–Crippen MR) is 91.4 cm³/mol. The fourth-order valence-electron chi connectivity index (χ4n) is 2.47. The zero-order chi connectivity index (χ0) is 17.7. The Morgan fingerprint density at radius 2 is 1.92 bits per heavy atom. The van der Waals surface area contributed by atoms with Gasteiger partial charge in [-0.05, 0) is 31.5 Å². The highest BCUT2D eigenvalue weighted by molar-refractivity contribution is 6.17. The lowest BCUT2D eigenvalue weighted by Crippen LogP contribution is -2.24. The van der Waals surface area contributed by atoms with E-state index in [9.17, 15) is 9.59 Å². The highest BCUT2D eigenvalue weighted by atomic mass is 35.5. The number of nitrogens with zero attached hydrogens (tertiary/aromatic N) is 2. The number of aryl methyl sites for hydroxylation is 2. The third-order valence-corrected chi connectivity index (χ3v) is 3.90. The minimum atomic E-state index is -0.386. The topological polar surface area (TPSA) is 73.2 Å². The maximum Gasteiger partial charge on any atom is 0.337 e. The van der Waals surface area contributed by atoms with Crippen molar-refractivity contribution in [2.24, 2.45) is 0 Å². The van der Waals surface area contributed by atoms with Crippen LogP contribution in [0.4, 0.5) is 0 Å². The van der Waals surface area contributed by atoms with E-state index in [1.807, 2.05) is 6.92 Å². The van der Waals surface area contributed by atoms with Gasteiger partial charge in [0.15, 0.2) is 0 Å². The van der Waals surface area contributed by atoms with Crippen LogP contribution in [0.2, 0.25) is 0 Å². The van der Waals surface area contributed by atoms with Crippen molar-refractivity contribution < 1.29 is 14.3 Å². The molecule has 1 amide bonds. The number of nitrogens with one attached hydrogen (secondary N) is 1. The first-order chi connectivity index (χ1) is 11.5. The number of methoxy groups -OCH3 is 1. The average molecular weight is 350 g/mol. The Morgan fingerprint density at radius 3 is 2.50 bits per heavy atom. The number of rotatable bonds is 6. The lowest BCUT2D eigenvalue weighted by atomic mass is 10.1. The van der Waals surface area contributed by atoms with E-state index >= 15 is 0 Å². The van der Waals surface area contributed by atoms with Crippen LogP contribution in [-0.4, -0.2) is 34.6 Å². The monoisotopic (exact) mass is 349 g/mol. The van der Waals surface area contributed by atoms with Crippen LogP contribution in [0.1, 0.15) is 37.7 Å². The van der Waals surface area contributed by atoms with E-state index in [0.717, 1.165) is 11.3 Å². The summed E-state index contributed by atoms with van der Waals surface area (Å²) in [4.78, 5) is 23.8. The number of ether oxygens (including phenoxy) is 1. The molecule has 0 aliphatic carbocycles. The summed E-state index contributed by atoms with van der Waals surface area (Å²) in [5, 5.41) is 7.21. The number of aromatic nitrogens is 2. The Morgan fingerprint density at radius 1 is 1.25 bits per heavy atom. The lowest BCUT2D eigenvalue weighted by molar-refractivity contribution is 0.0600. The molecule has 0 aliphatic rings. The fraction of sp³-hybridized carbons (Fsp3) is 0.353. The predicted octanol–water partition coefficient (Wildman–Crippen LogP) is 2.46. The van der Waals surface area contributed by atoms with Gasteiger partial charge in [0, 0.05) is 18.1 Å². The normalized spacial score (nSPS) is 10.5. The van der Waals surface area contributed by atoms with E-state index in [2.05, 4.69) is 15.2 Å². The van der Waals surface area contributed by atoms with Crippen LogP contribution < -0.4 is 5.32 Å². The van der Waals surface area contributed by atoms with Crippen molar-refractivity contribution in [3.8, 4) is 0 Å². The number of hydrogen-bond acceptors (Lipinski definition) is 4. The van der Waals surface area contributed by atoms with Gasteiger partial charge in [-0.1, -0.05) is 12.1 Å². The molecule has 7 heteroatoms. The summed E-state index contributed by atoms with van der Waals surface area (Å²) in [5.74, 6) is -0.123. The van der Waals surface area contributed by atoms with Crippen LogP contribution >= 0.6 is 11.6 Å². The van der Waals surface area contributed by atoms with E-state index in [1.54, 1.807) is 35.9 Å². The molecule has 0 unspecified atom stereocenters. The van der Waals surface area contributed by atoms with Crippen LogP contribution in [0.25, 0.3) is 0 Å². The molecule has 1 aromatic carbocycles. The van der Waals surface area contributed by atoms with E-state index in [1.165, 1.54) is 7.11 Å². The maximum atomic E-state index is 12.4. The smallest absolute Gasteiger partial charge is 0.337 e. The first-order valence-electron chi connectivity index (χ1n) is 7.53. The molecule has 0 fully saturated rings. The van der Waals surface area contributed by atoms with Gasteiger partial charge in [0.1, 0.15) is 0 Å². The van der Waals surface area contributed by atoms with Crippen molar-refractivity contribution in [3.05, 3.63) is 52.3 Å². The Hall–Kier alpha value is -2.34. The van der Waals surface area contributed by atoms with Gasteiger partial charge >= 0.3 is 5.97 Å². The van der Waals surface area contributed by atoms with E-state index < -0.39 is 0 Å². The summed E-state index contributed by atoms with van der Waals surface area (Å²) in [5.41, 5.74) is 3.41. The zero-order valence-electron chi connectivity index (χ0n) is 13.9. The van der Waals surface area contributed by atoms with Crippen molar-refractivity contribution in [1.29, 1.82) is 0 Å². The molecule has 0 atom stereocenters. The molecule has 2 rings (SSSR count). The quantitative estimate of drug-likeness (QED) is 0.642. The Balaban J connectivity index is 2.04. The SMILES string of the molecule is COC(=O)c1ccc(CNC(=O)c2c(C)nn(CCCl)c2C)cc1. The van der Waals surface area contributed by atoms with Gasteiger partial charge in [-0.25, -0.2) is 4.79 Å². The number of amides is 1. The fourth-order valence-corrected chi connectivity index (χ4v) is 2.63. The summed E-state index contributed by atoms with van der Waals surface area (Å²) < 4.78 is 6.39. The van der Waals surface area contributed by atoms with Crippen molar-refractivity contribution >= 4 is 23.5 Å². The number of halogens is 1. The minimum absolute atomic E-state index is 0.178. The minimum Gasteiger partial charge on any atom is -0.465 e. The molecule has 128 valence electrons. The third kappa shape index (κ3) is 3.94. The van der Waals surface area contributed by atoms with Gasteiger partial charge in [-0.3, -0.25) is 9.48 Å². The maximum absolute atomic E-state index is 12.4. The Labute approximate surface area is 145 Å². The van der Waals surface area contributed by atoms with Crippen LogP contribution in [0.15, 0.2) is 24.3 Å². The standard InChI is InChI=1S/C17H20ClN3O3/c1-11-15(12(2)21(20-11)9-8-18)16(22)19-10-13-4-6-14(7-5-13)17(23)24-3/h4-7H,8-10H2,1-3H3,(H,19,22). The molecule has 1 N–H and O–H groups in total. The second kappa shape index (κ2) is 7.97. The lowest BCUT2D eigenvalue weighted by Gasteiger charge is -2.07. The highest BCUT2D eigenvalue weighted by Gasteiger charge is 2.18. The van der Waals surface area contributed by atoms with Crippen molar-refractivity contribution in [2.45, 2.75) is 26.9 Å². The van der Waals surface area contributed by atoms with Crippen molar-refractivity contribution in [3.63, 3.8) is 0 Å². The number of benzene rings is 1. The van der Waals surface area contributed by atoms with Gasteiger partial charge < -0.3 is 10.1 Å². The van der Waals surface area contributed by atoms with Crippen LogP contribution in [0.3, 0.4) is 0 Å². The molecule has 0 bridgehead atoms. The first-order valence-corrected chi connectivity index (χ1v) is 8.06. The molecular weight excluding hydrogens is 330 g/mol. The number of alkyl halides is 1. The molecule has 24 heavy (non-hydrogen) atoms. The Kier molecular flexibility index (Phi) is 5.98.